The summed E-state index contributed by atoms with van der Waals surface area (Å²) in [5, 5.41) is 3.95. The molecule has 1 heterocycles. The van der Waals surface area contributed by atoms with Crippen LogP contribution >= 0.6 is 11.6 Å². The molecule has 4 heteroatoms. The molecule has 21 heavy (non-hydrogen) atoms. The molecule has 2 aromatic carbocycles. The fourth-order valence-electron chi connectivity index (χ4n) is 2.63. The summed E-state index contributed by atoms with van der Waals surface area (Å²) in [6.07, 6.45) is 0. The van der Waals surface area contributed by atoms with E-state index in [1.54, 1.807) is 0 Å². The van der Waals surface area contributed by atoms with E-state index in [2.05, 4.69) is 11.4 Å². The van der Waals surface area contributed by atoms with Crippen molar-refractivity contribution in [3.63, 3.8) is 0 Å². The number of carbonyl (C=O) groups is 1. The van der Waals surface area contributed by atoms with Crippen LogP contribution in [0, 0.1) is 6.92 Å². The summed E-state index contributed by atoms with van der Waals surface area (Å²) in [6, 6.07) is 13.5. The molecule has 0 saturated carbocycles. The Kier molecular flexibility index (Phi) is 3.60. The van der Waals surface area contributed by atoms with Gasteiger partial charge < -0.3 is 10.2 Å². The van der Waals surface area contributed by atoms with Crippen LogP contribution in [0.3, 0.4) is 0 Å². The molecule has 1 N–H and O–H groups in total. The fourth-order valence-corrected chi connectivity index (χ4v) is 2.84. The van der Waals surface area contributed by atoms with E-state index in [0.717, 1.165) is 16.9 Å². The molecule has 1 aliphatic heterocycles. The van der Waals surface area contributed by atoms with Crippen molar-refractivity contribution in [2.75, 3.05) is 10.2 Å². The number of nitrogens with one attached hydrogen (secondary N) is 1. The van der Waals surface area contributed by atoms with Gasteiger partial charge in [0.25, 0.3) is 0 Å². The molecule has 3 nitrogen and oxygen atoms in total. The zero-order valence-corrected chi connectivity index (χ0v) is 12.8. The van der Waals surface area contributed by atoms with Gasteiger partial charge in [0.1, 0.15) is 6.04 Å². The van der Waals surface area contributed by atoms with Crippen LogP contribution in [0.2, 0.25) is 5.02 Å². The Bertz CT molecular complexity index is 699. The molecule has 108 valence electrons. The van der Waals surface area contributed by atoms with Gasteiger partial charge in [-0.1, -0.05) is 29.8 Å². The first kappa shape index (κ1) is 14.0. The summed E-state index contributed by atoms with van der Waals surface area (Å²) >= 11 is 6.03. The molecule has 0 saturated heterocycles. The first-order valence-electron chi connectivity index (χ1n) is 6.97. The van der Waals surface area contributed by atoms with E-state index >= 15 is 0 Å². The van der Waals surface area contributed by atoms with E-state index in [1.807, 2.05) is 55.1 Å². The maximum absolute atomic E-state index is 12.5. The van der Waals surface area contributed by atoms with Crippen molar-refractivity contribution >= 4 is 28.9 Å². The summed E-state index contributed by atoms with van der Waals surface area (Å²) in [6.45, 7) is 4.46. The Morgan fingerprint density at radius 1 is 1.24 bits per heavy atom. The van der Waals surface area contributed by atoms with E-state index in [9.17, 15) is 4.79 Å². The molecule has 0 radical (unpaired) electrons. The lowest BCUT2D eigenvalue weighted by Crippen LogP contribution is -2.45. The van der Waals surface area contributed by atoms with E-state index in [4.69, 9.17) is 11.6 Å². The molecule has 0 spiro atoms. The fraction of sp³-hybridized carbons (Fsp3) is 0.235. The lowest BCUT2D eigenvalue weighted by Gasteiger charge is -2.34. The molecule has 1 unspecified atom stereocenters. The minimum absolute atomic E-state index is 0.0753. The predicted molar refractivity (Wildman–Crippen MR) is 86.9 cm³/mol. The highest BCUT2D eigenvalue weighted by Gasteiger charge is 2.29. The number of hydrogen-bond acceptors (Lipinski definition) is 2. The van der Waals surface area contributed by atoms with Crippen LogP contribution in [0.1, 0.15) is 18.1 Å². The van der Waals surface area contributed by atoms with Crippen LogP contribution in [-0.4, -0.2) is 11.9 Å². The lowest BCUT2D eigenvalue weighted by molar-refractivity contribution is -0.119. The number of halogens is 1. The summed E-state index contributed by atoms with van der Waals surface area (Å²) in [5.41, 5.74) is 4.12. The van der Waals surface area contributed by atoms with Gasteiger partial charge in [-0.15, -0.1) is 0 Å². The summed E-state index contributed by atoms with van der Waals surface area (Å²) in [7, 11) is 0. The van der Waals surface area contributed by atoms with Crippen LogP contribution in [0.5, 0.6) is 0 Å². The molecule has 2 aromatic rings. The molecular formula is C17H17ClN2O. The van der Waals surface area contributed by atoms with Crippen molar-refractivity contribution in [1.29, 1.82) is 0 Å². The SMILES string of the molecule is Cc1ccc2c(c1)NC(C)C(=O)N2Cc1cccc(Cl)c1. The number of aryl methyl sites for hydroxylation is 1. The van der Waals surface area contributed by atoms with Gasteiger partial charge >= 0.3 is 0 Å². The third-order valence-corrected chi connectivity index (χ3v) is 3.92. The second-order valence-electron chi connectivity index (χ2n) is 5.44. The van der Waals surface area contributed by atoms with Crippen molar-refractivity contribution in [3.05, 3.63) is 58.6 Å². The van der Waals surface area contributed by atoms with E-state index in [1.165, 1.54) is 5.56 Å². The second kappa shape index (κ2) is 5.41. The van der Waals surface area contributed by atoms with Crippen molar-refractivity contribution in [3.8, 4) is 0 Å². The molecule has 0 fully saturated rings. The van der Waals surface area contributed by atoms with Crippen molar-refractivity contribution in [2.24, 2.45) is 0 Å². The van der Waals surface area contributed by atoms with Gasteiger partial charge in [0.05, 0.1) is 17.9 Å². The smallest absolute Gasteiger partial charge is 0.249 e. The maximum Gasteiger partial charge on any atom is 0.249 e. The highest BCUT2D eigenvalue weighted by Crippen LogP contribution is 2.33. The van der Waals surface area contributed by atoms with Gasteiger partial charge in [0.2, 0.25) is 5.91 Å². The quantitative estimate of drug-likeness (QED) is 0.909. The van der Waals surface area contributed by atoms with Gasteiger partial charge in [-0.3, -0.25) is 4.79 Å². The summed E-state index contributed by atoms with van der Waals surface area (Å²) < 4.78 is 0. The van der Waals surface area contributed by atoms with Crippen LogP contribution in [0.4, 0.5) is 11.4 Å². The Morgan fingerprint density at radius 3 is 2.81 bits per heavy atom. The zero-order valence-electron chi connectivity index (χ0n) is 12.1. The average Bonchev–Trinajstić information content (AvgIpc) is 2.44. The number of hydrogen-bond donors (Lipinski definition) is 1. The van der Waals surface area contributed by atoms with Gasteiger partial charge in [-0.05, 0) is 49.2 Å². The molecule has 0 aliphatic carbocycles. The summed E-state index contributed by atoms with van der Waals surface area (Å²) in [5.74, 6) is 0.0753. The lowest BCUT2D eigenvalue weighted by atomic mass is 10.1. The minimum Gasteiger partial charge on any atom is -0.372 e. The molecular weight excluding hydrogens is 284 g/mol. The van der Waals surface area contributed by atoms with Crippen LogP contribution in [0.25, 0.3) is 0 Å². The standard InChI is InChI=1S/C17H17ClN2O/c1-11-6-7-16-15(8-11)19-12(2)17(21)20(16)10-13-4-3-5-14(18)9-13/h3-9,12,19H,10H2,1-2H3. The van der Waals surface area contributed by atoms with Crippen molar-refractivity contribution in [2.45, 2.75) is 26.4 Å². The molecule has 3 rings (SSSR count). The molecule has 1 amide bonds. The first-order chi connectivity index (χ1) is 10.0. The van der Waals surface area contributed by atoms with E-state index in [0.29, 0.717) is 11.6 Å². The van der Waals surface area contributed by atoms with E-state index in [-0.39, 0.29) is 11.9 Å². The third kappa shape index (κ3) is 2.74. The van der Waals surface area contributed by atoms with Gasteiger partial charge in [-0.25, -0.2) is 0 Å². The van der Waals surface area contributed by atoms with Crippen LogP contribution in [0.15, 0.2) is 42.5 Å². The second-order valence-corrected chi connectivity index (χ2v) is 5.88. The van der Waals surface area contributed by atoms with Crippen molar-refractivity contribution in [1.82, 2.24) is 0 Å². The number of amides is 1. The largest absolute Gasteiger partial charge is 0.372 e. The van der Waals surface area contributed by atoms with Gasteiger partial charge in [0.15, 0.2) is 0 Å². The van der Waals surface area contributed by atoms with Gasteiger partial charge in [0, 0.05) is 5.02 Å². The average molecular weight is 301 g/mol. The Morgan fingerprint density at radius 2 is 2.05 bits per heavy atom. The van der Waals surface area contributed by atoms with Crippen LogP contribution in [-0.2, 0) is 11.3 Å². The highest BCUT2D eigenvalue weighted by atomic mass is 35.5. The number of anilines is 2. The van der Waals surface area contributed by atoms with Crippen molar-refractivity contribution < 1.29 is 4.79 Å². The molecule has 1 aliphatic rings. The molecule has 0 aromatic heterocycles. The number of rotatable bonds is 2. The monoisotopic (exact) mass is 300 g/mol. The maximum atomic E-state index is 12.5. The Hall–Kier alpha value is -2.00. The number of benzene rings is 2. The van der Waals surface area contributed by atoms with E-state index < -0.39 is 0 Å². The first-order valence-corrected chi connectivity index (χ1v) is 7.35. The third-order valence-electron chi connectivity index (χ3n) is 3.68. The number of carbonyl (C=O) groups excluding carboxylic acids is 1. The topological polar surface area (TPSA) is 32.3 Å². The Balaban J connectivity index is 1.99. The predicted octanol–water partition coefficient (Wildman–Crippen LogP) is 4.00. The van der Waals surface area contributed by atoms with Crippen LogP contribution < -0.4 is 10.2 Å². The zero-order chi connectivity index (χ0) is 15.0. The summed E-state index contributed by atoms with van der Waals surface area (Å²) in [4.78, 5) is 14.3. The number of nitrogens with zero attached hydrogens (tertiary/aromatic N) is 1. The Labute approximate surface area is 129 Å². The molecule has 0 bridgehead atoms. The highest BCUT2D eigenvalue weighted by molar-refractivity contribution is 6.30. The number of fused-ring (bicyclic) bond motifs is 1. The minimum atomic E-state index is -0.224. The normalized spacial score (nSPS) is 17.4. The molecule has 1 atom stereocenters. The van der Waals surface area contributed by atoms with Gasteiger partial charge in [-0.2, -0.15) is 0 Å².